The molecule has 2 fully saturated rings. The van der Waals surface area contributed by atoms with E-state index in [1.807, 2.05) is 115 Å². The van der Waals surface area contributed by atoms with Gasteiger partial charge in [0.15, 0.2) is 11.6 Å². The van der Waals surface area contributed by atoms with Gasteiger partial charge >= 0.3 is 0 Å². The maximum atomic E-state index is 15.3. The highest BCUT2D eigenvalue weighted by molar-refractivity contribution is 6.32. The lowest BCUT2D eigenvalue weighted by atomic mass is 9.44. The topological polar surface area (TPSA) is 91.8 Å². The van der Waals surface area contributed by atoms with Gasteiger partial charge in [0.25, 0.3) is 0 Å². The van der Waals surface area contributed by atoms with Crippen molar-refractivity contribution in [2.75, 3.05) is 4.90 Å². The summed E-state index contributed by atoms with van der Waals surface area (Å²) in [6.45, 7) is 2.06. The van der Waals surface area contributed by atoms with Crippen molar-refractivity contribution in [1.29, 1.82) is 0 Å². The van der Waals surface area contributed by atoms with E-state index in [1.165, 1.54) is 11.0 Å². The maximum Gasteiger partial charge on any atom is 0.238 e. The average Bonchev–Trinajstić information content (AvgIpc) is 3.45. The summed E-state index contributed by atoms with van der Waals surface area (Å²) in [5.74, 6) is -3.90. The Morgan fingerprint density at radius 1 is 0.731 bits per heavy atom. The molecule has 3 aliphatic carbocycles. The van der Waals surface area contributed by atoms with Crippen LogP contribution in [0.25, 0.3) is 16.3 Å². The lowest BCUT2D eigenvalue weighted by Gasteiger charge is -2.55. The number of anilines is 1. The zero-order valence-electron chi connectivity index (χ0n) is 28.7. The molecule has 1 heterocycles. The fraction of sp³-hybridized carbons (Fsp3) is 0.217. The number of Topliss-reactive ketones (excluding diaryl/α,β-unsaturated/α-hetero) is 1. The number of imide groups is 1. The highest BCUT2D eigenvalue weighted by atomic mass is 16.3. The number of aryl methyl sites for hydroxylation is 1. The Kier molecular flexibility index (Phi) is 7.47. The summed E-state index contributed by atoms with van der Waals surface area (Å²) in [6.07, 6.45) is 5.05. The molecule has 0 bridgehead atoms. The van der Waals surface area contributed by atoms with Crippen LogP contribution in [-0.4, -0.2) is 28.5 Å². The minimum Gasteiger partial charge on any atom is -0.507 e. The number of benzene rings is 5. The molecule has 2 amide bonds. The minimum atomic E-state index is -1.34. The fourth-order valence-electron chi connectivity index (χ4n) is 9.91. The first-order chi connectivity index (χ1) is 25.3. The van der Waals surface area contributed by atoms with Gasteiger partial charge < -0.3 is 5.11 Å². The number of nitrogens with zero attached hydrogens (tertiary/aromatic N) is 1. The van der Waals surface area contributed by atoms with Crippen LogP contribution in [-0.2, 0) is 31.0 Å². The molecule has 0 aromatic heterocycles. The third kappa shape index (κ3) is 4.49. The standard InChI is InChI=1S/C46H37NO5/c1-2-27-17-19-30(20-18-27)47-44(51)35-22-21-34-37(41(35)45(47)52)25-38-43(50)36(28-11-5-3-6-12-28)26-40(49)46(38,29-13-7-4-8-14-29)42(34)33-23-24-39(48)32-16-10-9-15-31(32)33/h3-21,23-24,26,35,37-38,41-42,48H,2,22,25H2,1H3. The zero-order valence-corrected chi connectivity index (χ0v) is 28.7. The number of hydrogen-bond acceptors (Lipinski definition) is 5. The van der Waals surface area contributed by atoms with Crippen molar-refractivity contribution in [3.8, 4) is 5.75 Å². The predicted molar refractivity (Wildman–Crippen MR) is 200 cm³/mol. The molecule has 6 heteroatoms. The molecule has 52 heavy (non-hydrogen) atoms. The number of rotatable bonds is 5. The zero-order chi connectivity index (χ0) is 35.7. The number of fused-ring (bicyclic) bond motifs is 5. The van der Waals surface area contributed by atoms with E-state index in [1.54, 1.807) is 6.07 Å². The van der Waals surface area contributed by atoms with Crippen LogP contribution >= 0.6 is 0 Å². The molecule has 0 radical (unpaired) electrons. The molecule has 6 atom stereocenters. The predicted octanol–water partition coefficient (Wildman–Crippen LogP) is 8.14. The largest absolute Gasteiger partial charge is 0.507 e. The number of amides is 2. The summed E-state index contributed by atoms with van der Waals surface area (Å²) >= 11 is 0. The van der Waals surface area contributed by atoms with Crippen molar-refractivity contribution >= 4 is 45.4 Å². The molecular formula is C46H37NO5. The van der Waals surface area contributed by atoms with Crippen LogP contribution in [0.5, 0.6) is 5.75 Å². The van der Waals surface area contributed by atoms with Crippen molar-refractivity contribution in [1.82, 2.24) is 0 Å². The molecule has 256 valence electrons. The van der Waals surface area contributed by atoms with Gasteiger partial charge in [-0.05, 0) is 77.1 Å². The fourth-order valence-corrected chi connectivity index (χ4v) is 9.91. The Hall–Kier alpha value is -5.88. The van der Waals surface area contributed by atoms with Gasteiger partial charge in [-0.1, -0.05) is 122 Å². The lowest BCUT2D eigenvalue weighted by molar-refractivity contribution is -0.134. The molecule has 1 N–H and O–H groups in total. The van der Waals surface area contributed by atoms with Crippen LogP contribution in [0.15, 0.2) is 139 Å². The van der Waals surface area contributed by atoms with Crippen LogP contribution in [0.2, 0.25) is 0 Å². The van der Waals surface area contributed by atoms with Crippen LogP contribution in [0.3, 0.4) is 0 Å². The summed E-state index contributed by atoms with van der Waals surface area (Å²) < 4.78 is 0. The minimum absolute atomic E-state index is 0.119. The Balaban J connectivity index is 1.29. The van der Waals surface area contributed by atoms with Crippen LogP contribution in [0.4, 0.5) is 5.69 Å². The molecule has 0 spiro atoms. The maximum absolute atomic E-state index is 15.3. The van der Waals surface area contributed by atoms with Gasteiger partial charge in [0.2, 0.25) is 11.8 Å². The third-order valence-corrected chi connectivity index (χ3v) is 12.2. The van der Waals surface area contributed by atoms with E-state index in [9.17, 15) is 14.7 Å². The van der Waals surface area contributed by atoms with Crippen LogP contribution < -0.4 is 4.90 Å². The number of phenols is 1. The highest BCUT2D eigenvalue weighted by Gasteiger charge is 2.66. The van der Waals surface area contributed by atoms with Crippen molar-refractivity contribution < 1.29 is 24.3 Å². The third-order valence-electron chi connectivity index (χ3n) is 12.2. The molecule has 9 rings (SSSR count). The van der Waals surface area contributed by atoms with Gasteiger partial charge in [-0.15, -0.1) is 0 Å². The van der Waals surface area contributed by atoms with Crippen LogP contribution in [0.1, 0.15) is 47.9 Å². The van der Waals surface area contributed by atoms with Crippen molar-refractivity contribution in [3.05, 3.63) is 161 Å². The van der Waals surface area contributed by atoms with Gasteiger partial charge in [-0.3, -0.25) is 24.1 Å². The second-order valence-electron chi connectivity index (χ2n) is 14.5. The molecule has 4 aliphatic rings. The van der Waals surface area contributed by atoms with Gasteiger partial charge in [0.1, 0.15) is 5.75 Å². The molecule has 6 unspecified atom stereocenters. The van der Waals surface area contributed by atoms with E-state index in [0.29, 0.717) is 28.6 Å². The first kappa shape index (κ1) is 32.1. The van der Waals surface area contributed by atoms with E-state index in [2.05, 4.69) is 13.0 Å². The van der Waals surface area contributed by atoms with Gasteiger partial charge in [-0.25, -0.2) is 0 Å². The molecule has 1 saturated carbocycles. The van der Waals surface area contributed by atoms with Gasteiger partial charge in [0.05, 0.1) is 22.9 Å². The quantitative estimate of drug-likeness (QED) is 0.149. The lowest BCUT2D eigenvalue weighted by Crippen LogP contribution is -2.58. The molecule has 5 aromatic carbocycles. The number of carbonyl (C=O) groups is 4. The highest BCUT2D eigenvalue weighted by Crippen LogP contribution is 2.64. The smallest absolute Gasteiger partial charge is 0.238 e. The Morgan fingerprint density at radius 2 is 1.40 bits per heavy atom. The average molecular weight is 684 g/mol. The summed E-state index contributed by atoms with van der Waals surface area (Å²) in [5, 5.41) is 12.4. The number of aromatic hydroxyl groups is 1. The molecular weight excluding hydrogens is 647 g/mol. The van der Waals surface area contributed by atoms with Crippen molar-refractivity contribution in [3.63, 3.8) is 0 Å². The molecule has 6 nitrogen and oxygen atoms in total. The first-order valence-corrected chi connectivity index (χ1v) is 18.1. The number of phenolic OH excluding ortho intramolecular Hbond substituents is 1. The van der Waals surface area contributed by atoms with E-state index in [0.717, 1.165) is 34.1 Å². The monoisotopic (exact) mass is 683 g/mol. The number of ketones is 2. The Morgan fingerprint density at radius 3 is 2.12 bits per heavy atom. The Bertz CT molecular complexity index is 2360. The SMILES string of the molecule is CCc1ccc(N2C(=O)C3CC=C4C(CC5C(=O)C(c6ccccc6)=CC(=O)C5(c5ccccc5)C4c4ccc(O)c5ccccc45)C3C2=O)cc1. The normalized spacial score (nSPS) is 26.8. The van der Waals surface area contributed by atoms with E-state index >= 15 is 9.59 Å². The summed E-state index contributed by atoms with van der Waals surface area (Å²) in [6, 6.07) is 37.6. The second-order valence-corrected chi connectivity index (χ2v) is 14.5. The van der Waals surface area contributed by atoms with Crippen molar-refractivity contribution in [2.24, 2.45) is 23.7 Å². The number of allylic oxidation sites excluding steroid dienone is 4. The molecule has 1 saturated heterocycles. The summed E-state index contributed by atoms with van der Waals surface area (Å²) in [5.41, 5.74) is 3.80. The Labute approximate surface area is 302 Å². The van der Waals surface area contributed by atoms with E-state index in [-0.39, 0.29) is 35.6 Å². The molecule has 1 aliphatic heterocycles. The number of carbonyl (C=O) groups excluding carboxylic acids is 4. The number of hydrogen-bond donors (Lipinski definition) is 1. The molecule has 5 aromatic rings. The summed E-state index contributed by atoms with van der Waals surface area (Å²) in [7, 11) is 0. The van der Waals surface area contributed by atoms with Gasteiger partial charge in [0, 0.05) is 22.8 Å². The van der Waals surface area contributed by atoms with Crippen molar-refractivity contribution in [2.45, 2.75) is 37.5 Å². The van der Waals surface area contributed by atoms with E-state index < -0.39 is 35.0 Å². The second kappa shape index (κ2) is 12.1. The van der Waals surface area contributed by atoms with Gasteiger partial charge in [-0.2, -0.15) is 0 Å². The summed E-state index contributed by atoms with van der Waals surface area (Å²) in [4.78, 5) is 60.7. The van der Waals surface area contributed by atoms with E-state index in [4.69, 9.17) is 0 Å². The first-order valence-electron chi connectivity index (χ1n) is 18.1. The van der Waals surface area contributed by atoms with Crippen LogP contribution in [0, 0.1) is 23.7 Å².